The normalized spacial score (nSPS) is 10.8. The van der Waals surface area contributed by atoms with E-state index in [1.54, 1.807) is 30.3 Å². The van der Waals surface area contributed by atoms with Gasteiger partial charge < -0.3 is 10.6 Å². The highest BCUT2D eigenvalue weighted by molar-refractivity contribution is 7.99. The first kappa shape index (κ1) is 16.3. The number of nitrogens with two attached hydrogens (primary N) is 1. The smallest absolute Gasteiger partial charge is 0.210 e. The first-order valence-electron chi connectivity index (χ1n) is 7.11. The third kappa shape index (κ3) is 3.65. The zero-order valence-electron chi connectivity index (χ0n) is 12.5. The second kappa shape index (κ2) is 7.31. The molecule has 0 saturated carbocycles. The van der Waals surface area contributed by atoms with Crippen molar-refractivity contribution in [1.29, 1.82) is 0 Å². The van der Waals surface area contributed by atoms with Crippen molar-refractivity contribution in [3.05, 3.63) is 60.2 Å². The molecule has 1 aromatic heterocycles. The van der Waals surface area contributed by atoms with Crippen LogP contribution in [0.4, 0.5) is 8.78 Å². The summed E-state index contributed by atoms with van der Waals surface area (Å²) in [6.07, 6.45) is 0. The molecule has 0 amide bonds. The summed E-state index contributed by atoms with van der Waals surface area (Å²) in [5.41, 5.74) is 0.667. The molecule has 0 aliphatic heterocycles. The topological polar surface area (TPSA) is 66.0 Å². The number of hydrogen-bond acceptors (Lipinski definition) is 5. The zero-order chi connectivity index (χ0) is 16.9. The van der Waals surface area contributed by atoms with Crippen LogP contribution in [0.25, 0.3) is 11.4 Å². The minimum atomic E-state index is -0.400. The summed E-state index contributed by atoms with van der Waals surface area (Å²) in [5, 5.41) is 8.51. The van der Waals surface area contributed by atoms with Crippen LogP contribution in [0.3, 0.4) is 0 Å². The van der Waals surface area contributed by atoms with Crippen LogP contribution in [-0.2, 0) is 0 Å². The van der Waals surface area contributed by atoms with Crippen LogP contribution in [0, 0.1) is 11.6 Å². The molecule has 0 radical (unpaired) electrons. The third-order valence-corrected chi connectivity index (χ3v) is 4.08. The molecule has 0 spiro atoms. The number of hydrogen-bond donors (Lipinski definition) is 1. The Balaban J connectivity index is 1.58. The maximum absolute atomic E-state index is 13.4. The lowest BCUT2D eigenvalue weighted by atomic mass is 10.2. The largest absolute Gasteiger partial charge is 0.490 e. The van der Waals surface area contributed by atoms with Gasteiger partial charge in [0.05, 0.1) is 6.61 Å². The molecule has 0 unspecified atom stereocenters. The number of nitrogen functional groups attached to an aromatic ring is 1. The second-order valence-corrected chi connectivity index (χ2v) is 5.87. The molecule has 3 rings (SSSR count). The molecule has 0 atom stereocenters. The number of benzene rings is 2. The highest BCUT2D eigenvalue weighted by Gasteiger charge is 2.12. The summed E-state index contributed by atoms with van der Waals surface area (Å²) in [6, 6.07) is 12.0. The van der Waals surface area contributed by atoms with Gasteiger partial charge in [-0.2, -0.15) is 0 Å². The van der Waals surface area contributed by atoms with Crippen LogP contribution in [0.1, 0.15) is 0 Å². The van der Waals surface area contributed by atoms with Crippen LogP contribution in [0.2, 0.25) is 0 Å². The van der Waals surface area contributed by atoms with Gasteiger partial charge in [0.2, 0.25) is 5.16 Å². The first-order valence-corrected chi connectivity index (χ1v) is 8.10. The van der Waals surface area contributed by atoms with Crippen molar-refractivity contribution in [1.82, 2.24) is 14.9 Å². The molecule has 0 aliphatic rings. The van der Waals surface area contributed by atoms with E-state index in [1.165, 1.54) is 34.6 Å². The lowest BCUT2D eigenvalue weighted by Gasteiger charge is -2.07. The lowest BCUT2D eigenvalue weighted by Crippen LogP contribution is -2.12. The van der Waals surface area contributed by atoms with Gasteiger partial charge in [-0.05, 0) is 36.4 Å². The van der Waals surface area contributed by atoms with Crippen molar-refractivity contribution in [2.45, 2.75) is 5.16 Å². The van der Waals surface area contributed by atoms with E-state index in [2.05, 4.69) is 10.2 Å². The monoisotopic (exact) mass is 348 g/mol. The number of para-hydroxylation sites is 1. The third-order valence-electron chi connectivity index (χ3n) is 3.18. The second-order valence-electron chi connectivity index (χ2n) is 4.81. The van der Waals surface area contributed by atoms with Crippen LogP contribution in [-0.4, -0.2) is 27.2 Å². The lowest BCUT2D eigenvalue weighted by molar-refractivity contribution is 0.325. The quantitative estimate of drug-likeness (QED) is 0.421. The van der Waals surface area contributed by atoms with Gasteiger partial charge in [0, 0.05) is 11.3 Å². The Morgan fingerprint density at radius 3 is 2.54 bits per heavy atom. The molecule has 3 aromatic rings. The van der Waals surface area contributed by atoms with E-state index < -0.39 is 5.82 Å². The Kier molecular flexibility index (Phi) is 4.95. The van der Waals surface area contributed by atoms with Gasteiger partial charge in [0.25, 0.3) is 0 Å². The Hall–Kier alpha value is -2.61. The fourth-order valence-corrected chi connectivity index (χ4v) is 2.69. The Morgan fingerprint density at radius 1 is 1.04 bits per heavy atom. The molecule has 24 heavy (non-hydrogen) atoms. The van der Waals surface area contributed by atoms with Gasteiger partial charge in [0.1, 0.15) is 5.82 Å². The standard InChI is InChI=1S/C16H14F2N4OS/c17-12-7-5-11(6-8-12)15-20-21-16(22(15)19)24-10-9-23-14-4-2-1-3-13(14)18/h1-8H,9-10,19H2. The van der Waals surface area contributed by atoms with Crippen molar-refractivity contribution in [3.8, 4) is 17.1 Å². The number of rotatable bonds is 6. The van der Waals surface area contributed by atoms with Crippen molar-refractivity contribution in [2.24, 2.45) is 0 Å². The highest BCUT2D eigenvalue weighted by Crippen LogP contribution is 2.22. The van der Waals surface area contributed by atoms with E-state index in [-0.39, 0.29) is 11.6 Å². The predicted molar refractivity (Wildman–Crippen MR) is 88.2 cm³/mol. The summed E-state index contributed by atoms with van der Waals surface area (Å²) in [6.45, 7) is 0.296. The molecular weight excluding hydrogens is 334 g/mol. The molecule has 5 nitrogen and oxygen atoms in total. The van der Waals surface area contributed by atoms with Crippen molar-refractivity contribution in [2.75, 3.05) is 18.2 Å². The molecule has 2 N–H and O–H groups in total. The van der Waals surface area contributed by atoms with Gasteiger partial charge in [0.15, 0.2) is 17.4 Å². The fraction of sp³-hybridized carbons (Fsp3) is 0.125. The van der Waals surface area contributed by atoms with Gasteiger partial charge >= 0.3 is 0 Å². The van der Waals surface area contributed by atoms with E-state index in [0.29, 0.717) is 28.9 Å². The molecule has 0 aliphatic carbocycles. The summed E-state index contributed by atoms with van der Waals surface area (Å²) in [4.78, 5) is 0. The van der Waals surface area contributed by atoms with Crippen LogP contribution in [0.5, 0.6) is 5.75 Å². The maximum atomic E-state index is 13.4. The molecule has 0 saturated heterocycles. The molecule has 1 heterocycles. The molecule has 2 aromatic carbocycles. The van der Waals surface area contributed by atoms with Gasteiger partial charge in [-0.25, -0.2) is 13.5 Å². The SMILES string of the molecule is Nn1c(SCCOc2ccccc2F)nnc1-c1ccc(F)cc1. The molecule has 124 valence electrons. The summed E-state index contributed by atoms with van der Waals surface area (Å²) < 4.78 is 33.1. The summed E-state index contributed by atoms with van der Waals surface area (Å²) in [5.74, 6) is 6.40. The average molecular weight is 348 g/mol. The molecule has 8 heteroatoms. The van der Waals surface area contributed by atoms with Crippen molar-refractivity contribution < 1.29 is 13.5 Å². The van der Waals surface area contributed by atoms with Gasteiger partial charge in [-0.3, -0.25) is 0 Å². The van der Waals surface area contributed by atoms with Crippen LogP contribution >= 0.6 is 11.8 Å². The molecular formula is C16H14F2N4OS. The van der Waals surface area contributed by atoms with Crippen molar-refractivity contribution >= 4 is 11.8 Å². The zero-order valence-corrected chi connectivity index (χ0v) is 13.3. The Bertz CT molecular complexity index is 823. The number of ether oxygens (including phenoxy) is 1. The number of thioether (sulfide) groups is 1. The molecule has 0 bridgehead atoms. The van der Waals surface area contributed by atoms with Gasteiger partial charge in [-0.15, -0.1) is 10.2 Å². The Morgan fingerprint density at radius 2 is 1.79 bits per heavy atom. The molecule has 0 fully saturated rings. The Labute approximate surface area is 141 Å². The minimum absolute atomic E-state index is 0.208. The van der Waals surface area contributed by atoms with Crippen LogP contribution in [0.15, 0.2) is 53.7 Å². The number of aromatic nitrogens is 3. The number of halogens is 2. The first-order chi connectivity index (χ1) is 11.6. The average Bonchev–Trinajstić information content (AvgIpc) is 2.95. The van der Waals surface area contributed by atoms with E-state index >= 15 is 0 Å². The maximum Gasteiger partial charge on any atom is 0.210 e. The predicted octanol–water partition coefficient (Wildman–Crippen LogP) is 3.11. The number of nitrogens with zero attached hydrogens (tertiary/aromatic N) is 3. The summed E-state index contributed by atoms with van der Waals surface area (Å²) in [7, 11) is 0. The highest BCUT2D eigenvalue weighted by atomic mass is 32.2. The van der Waals surface area contributed by atoms with E-state index in [0.717, 1.165) is 0 Å². The van der Waals surface area contributed by atoms with E-state index in [9.17, 15) is 8.78 Å². The van der Waals surface area contributed by atoms with E-state index in [1.807, 2.05) is 0 Å². The van der Waals surface area contributed by atoms with E-state index in [4.69, 9.17) is 10.6 Å². The van der Waals surface area contributed by atoms with Crippen LogP contribution < -0.4 is 10.6 Å². The fourth-order valence-electron chi connectivity index (χ4n) is 2.02. The van der Waals surface area contributed by atoms with Crippen molar-refractivity contribution in [3.63, 3.8) is 0 Å². The van der Waals surface area contributed by atoms with Gasteiger partial charge in [-0.1, -0.05) is 23.9 Å². The summed E-state index contributed by atoms with van der Waals surface area (Å²) >= 11 is 1.33. The minimum Gasteiger partial charge on any atom is -0.490 e.